The molecule has 176 valence electrons. The molecule has 1 aromatic heterocycles. The number of carbonyl (C=O) groups is 2. The van der Waals surface area contributed by atoms with E-state index in [0.29, 0.717) is 23.8 Å². The topological polar surface area (TPSA) is 80.1 Å². The minimum atomic E-state index is -0.156. The van der Waals surface area contributed by atoms with Gasteiger partial charge in [-0.05, 0) is 50.5 Å². The molecule has 1 saturated heterocycles. The molecule has 0 saturated carbocycles. The predicted octanol–water partition coefficient (Wildman–Crippen LogP) is 4.79. The first kappa shape index (κ1) is 23.8. The van der Waals surface area contributed by atoms with E-state index in [0.717, 1.165) is 35.5 Å². The number of carbonyl (C=O) groups excluding carboxylic acids is 2. The molecule has 2 heterocycles. The number of aromatic nitrogens is 3. The van der Waals surface area contributed by atoms with Crippen molar-refractivity contribution < 1.29 is 9.59 Å². The molecule has 1 aliphatic rings. The van der Waals surface area contributed by atoms with E-state index in [1.165, 1.54) is 11.8 Å². The van der Waals surface area contributed by atoms with Gasteiger partial charge in [-0.15, -0.1) is 16.8 Å². The number of para-hydroxylation sites is 1. The summed E-state index contributed by atoms with van der Waals surface area (Å²) in [4.78, 5) is 27.6. The number of aryl methyl sites for hydroxylation is 2. The Morgan fingerprint density at radius 3 is 2.65 bits per heavy atom. The second-order valence-electron chi connectivity index (χ2n) is 8.41. The highest BCUT2D eigenvalue weighted by Gasteiger charge is 2.34. The summed E-state index contributed by atoms with van der Waals surface area (Å²) in [7, 11) is 0. The van der Waals surface area contributed by atoms with Crippen LogP contribution in [0, 0.1) is 13.8 Å². The molecule has 1 unspecified atom stereocenters. The fourth-order valence-electron chi connectivity index (χ4n) is 4.12. The van der Waals surface area contributed by atoms with Crippen LogP contribution in [0.15, 0.2) is 66.3 Å². The summed E-state index contributed by atoms with van der Waals surface area (Å²) in [5.74, 6) is 0.841. The van der Waals surface area contributed by atoms with Crippen molar-refractivity contribution >= 4 is 29.3 Å². The van der Waals surface area contributed by atoms with Crippen molar-refractivity contribution in [2.75, 3.05) is 17.6 Å². The third-order valence-electron chi connectivity index (χ3n) is 5.92. The molecule has 0 spiro atoms. The number of hydrogen-bond donors (Lipinski definition) is 1. The Kier molecular flexibility index (Phi) is 7.47. The second-order valence-corrected chi connectivity index (χ2v) is 9.36. The van der Waals surface area contributed by atoms with E-state index in [1.54, 1.807) is 6.08 Å². The lowest BCUT2D eigenvalue weighted by molar-refractivity contribution is -0.113. The third kappa shape index (κ3) is 5.22. The molecular weight excluding hydrogens is 446 g/mol. The van der Waals surface area contributed by atoms with Gasteiger partial charge in [0.1, 0.15) is 0 Å². The third-order valence-corrected chi connectivity index (χ3v) is 6.89. The van der Waals surface area contributed by atoms with E-state index in [1.807, 2.05) is 71.8 Å². The Bertz CT molecular complexity index is 1190. The first-order valence-corrected chi connectivity index (χ1v) is 12.4. The van der Waals surface area contributed by atoms with Crippen molar-refractivity contribution in [1.29, 1.82) is 0 Å². The number of amides is 2. The number of allylic oxidation sites excluding steroid dienone is 1. The van der Waals surface area contributed by atoms with Crippen LogP contribution in [0.3, 0.4) is 0 Å². The smallest absolute Gasteiger partial charge is 0.254 e. The number of likely N-dealkylation sites (tertiary alicyclic amines) is 1. The van der Waals surface area contributed by atoms with E-state index in [9.17, 15) is 9.59 Å². The molecule has 1 atom stereocenters. The molecule has 3 aromatic rings. The zero-order chi connectivity index (χ0) is 24.1. The maximum Gasteiger partial charge on any atom is 0.254 e. The van der Waals surface area contributed by atoms with Crippen molar-refractivity contribution in [3.63, 3.8) is 0 Å². The quantitative estimate of drug-likeness (QED) is 0.374. The molecule has 0 radical (unpaired) electrons. The molecule has 0 bridgehead atoms. The Morgan fingerprint density at radius 1 is 1.15 bits per heavy atom. The fourth-order valence-corrected chi connectivity index (χ4v) is 4.88. The van der Waals surface area contributed by atoms with Crippen LogP contribution in [-0.4, -0.2) is 43.8 Å². The van der Waals surface area contributed by atoms with Gasteiger partial charge in [0.25, 0.3) is 5.91 Å². The molecule has 1 N–H and O–H groups in total. The fraction of sp³-hybridized carbons (Fsp3) is 0.308. The summed E-state index contributed by atoms with van der Waals surface area (Å²) < 4.78 is 1.96. The summed E-state index contributed by atoms with van der Waals surface area (Å²) in [6, 6.07) is 15.2. The summed E-state index contributed by atoms with van der Waals surface area (Å²) in [6.07, 6.45) is 3.52. The van der Waals surface area contributed by atoms with E-state index in [-0.39, 0.29) is 23.6 Å². The summed E-state index contributed by atoms with van der Waals surface area (Å²) in [6.45, 7) is 9.02. The second kappa shape index (κ2) is 10.7. The Hall–Kier alpha value is -3.39. The lowest BCUT2D eigenvalue weighted by atomic mass is 10.1. The van der Waals surface area contributed by atoms with Gasteiger partial charge >= 0.3 is 0 Å². The average molecular weight is 476 g/mol. The Balaban J connectivity index is 1.49. The number of rotatable bonds is 8. The van der Waals surface area contributed by atoms with E-state index < -0.39 is 0 Å². The molecule has 1 aliphatic heterocycles. The zero-order valence-corrected chi connectivity index (χ0v) is 20.3. The average Bonchev–Trinajstić information content (AvgIpc) is 3.46. The first-order chi connectivity index (χ1) is 16.5. The largest absolute Gasteiger partial charge is 0.328 e. The monoisotopic (exact) mass is 475 g/mol. The Morgan fingerprint density at radius 2 is 1.91 bits per heavy atom. The van der Waals surface area contributed by atoms with Crippen LogP contribution in [0.1, 0.15) is 46.2 Å². The minimum absolute atomic E-state index is 0.00228. The number of thioether (sulfide) groups is 1. The van der Waals surface area contributed by atoms with Crippen LogP contribution in [0.4, 0.5) is 5.69 Å². The number of nitrogens with one attached hydrogen (secondary N) is 1. The number of anilines is 1. The molecule has 1 fully saturated rings. The van der Waals surface area contributed by atoms with Gasteiger partial charge in [-0.2, -0.15) is 0 Å². The summed E-state index contributed by atoms with van der Waals surface area (Å²) in [5, 5.41) is 12.4. The van der Waals surface area contributed by atoms with Crippen molar-refractivity contribution in [2.45, 2.75) is 44.4 Å². The summed E-state index contributed by atoms with van der Waals surface area (Å²) in [5.41, 5.74) is 3.61. The lowest BCUT2D eigenvalue weighted by Gasteiger charge is -2.24. The molecule has 2 amide bonds. The van der Waals surface area contributed by atoms with Gasteiger partial charge in [0.05, 0.1) is 11.8 Å². The molecular formula is C26H29N5O2S. The number of benzene rings is 2. The molecule has 7 nitrogen and oxygen atoms in total. The maximum absolute atomic E-state index is 13.2. The van der Waals surface area contributed by atoms with Gasteiger partial charge in [-0.1, -0.05) is 53.7 Å². The molecule has 4 rings (SSSR count). The highest BCUT2D eigenvalue weighted by Crippen LogP contribution is 2.34. The van der Waals surface area contributed by atoms with E-state index in [4.69, 9.17) is 0 Å². The van der Waals surface area contributed by atoms with Crippen LogP contribution < -0.4 is 5.32 Å². The van der Waals surface area contributed by atoms with Gasteiger partial charge in [0, 0.05) is 24.3 Å². The van der Waals surface area contributed by atoms with Crippen molar-refractivity contribution in [1.82, 2.24) is 19.7 Å². The molecule has 34 heavy (non-hydrogen) atoms. The van der Waals surface area contributed by atoms with Crippen molar-refractivity contribution in [3.8, 4) is 0 Å². The number of nitrogens with zero attached hydrogens (tertiary/aromatic N) is 4. The van der Waals surface area contributed by atoms with Gasteiger partial charge in [0.15, 0.2) is 11.0 Å². The van der Waals surface area contributed by atoms with Crippen LogP contribution in [-0.2, 0) is 11.3 Å². The van der Waals surface area contributed by atoms with Crippen LogP contribution in [0.25, 0.3) is 0 Å². The normalized spacial score (nSPS) is 15.4. The lowest BCUT2D eigenvalue weighted by Crippen LogP contribution is -2.32. The van der Waals surface area contributed by atoms with Crippen molar-refractivity contribution in [2.24, 2.45) is 0 Å². The highest BCUT2D eigenvalue weighted by molar-refractivity contribution is 7.99. The first-order valence-electron chi connectivity index (χ1n) is 11.4. The van der Waals surface area contributed by atoms with Gasteiger partial charge in [0.2, 0.25) is 5.91 Å². The molecule has 8 heteroatoms. The molecule has 0 aliphatic carbocycles. The van der Waals surface area contributed by atoms with Gasteiger partial charge < -0.3 is 14.8 Å². The predicted molar refractivity (Wildman–Crippen MR) is 135 cm³/mol. The van der Waals surface area contributed by atoms with E-state index in [2.05, 4.69) is 22.1 Å². The van der Waals surface area contributed by atoms with Crippen LogP contribution in [0.2, 0.25) is 0 Å². The zero-order valence-electron chi connectivity index (χ0n) is 19.5. The van der Waals surface area contributed by atoms with Crippen LogP contribution in [0.5, 0.6) is 0 Å². The van der Waals surface area contributed by atoms with Crippen LogP contribution >= 0.6 is 11.8 Å². The van der Waals surface area contributed by atoms with Gasteiger partial charge in [-0.25, -0.2) is 0 Å². The minimum Gasteiger partial charge on any atom is -0.328 e. The van der Waals surface area contributed by atoms with Gasteiger partial charge in [-0.3, -0.25) is 9.59 Å². The summed E-state index contributed by atoms with van der Waals surface area (Å²) >= 11 is 1.33. The Labute approximate surface area is 204 Å². The standard InChI is InChI=1S/C26H29N5O2S/c1-4-15-31-24(22-10-7-16-30(22)25(33)20-13-11-18(2)12-14-20)28-29-26(31)34-17-23(32)27-21-9-6-5-8-19(21)3/h4-6,8-9,11-14,22H,1,7,10,15-17H2,2-3H3,(H,27,32). The molecule has 2 aromatic carbocycles. The van der Waals surface area contributed by atoms with Crippen molar-refractivity contribution in [3.05, 3.63) is 83.7 Å². The van der Waals surface area contributed by atoms with E-state index >= 15 is 0 Å². The maximum atomic E-state index is 13.2. The SMILES string of the molecule is C=CCn1c(SCC(=O)Nc2ccccc2C)nnc1C1CCCN1C(=O)c1ccc(C)cc1. The highest BCUT2D eigenvalue weighted by atomic mass is 32.2. The number of hydrogen-bond acceptors (Lipinski definition) is 5.